The molecule has 0 saturated heterocycles. The largest absolute Gasteiger partial charge is 0.402 e. The van der Waals surface area contributed by atoms with Crippen molar-refractivity contribution in [2.45, 2.75) is 39.2 Å². The summed E-state index contributed by atoms with van der Waals surface area (Å²) in [7, 11) is 0. The maximum Gasteiger partial charge on any atom is 0.126 e. The molecule has 0 heterocycles. The summed E-state index contributed by atoms with van der Waals surface area (Å²) in [5, 5.41) is 0. The third kappa shape index (κ3) is 4.14. The van der Waals surface area contributed by atoms with Gasteiger partial charge in [0.25, 0.3) is 0 Å². The van der Waals surface area contributed by atoms with Gasteiger partial charge in [-0.25, -0.2) is 4.39 Å². The summed E-state index contributed by atoms with van der Waals surface area (Å²) in [5.74, 6) is 0.271. The summed E-state index contributed by atoms with van der Waals surface area (Å²) in [4.78, 5) is 0. The van der Waals surface area contributed by atoms with Crippen LogP contribution in [-0.2, 0) is 6.42 Å². The molecule has 27 heavy (non-hydrogen) atoms. The lowest BCUT2D eigenvalue weighted by Crippen LogP contribution is -2.39. The highest BCUT2D eigenvalue weighted by Gasteiger charge is 2.30. The van der Waals surface area contributed by atoms with Crippen LogP contribution in [0.5, 0.6) is 0 Å². The van der Waals surface area contributed by atoms with Gasteiger partial charge in [-0.15, -0.1) is 6.58 Å². The third-order valence-electron chi connectivity index (χ3n) is 5.75. The molecule has 0 aliphatic heterocycles. The first-order valence-electron chi connectivity index (χ1n) is 9.62. The van der Waals surface area contributed by atoms with Gasteiger partial charge in [-0.2, -0.15) is 0 Å². The molecule has 4 N–H and O–H groups in total. The van der Waals surface area contributed by atoms with E-state index in [1.54, 1.807) is 6.92 Å². The lowest BCUT2D eigenvalue weighted by atomic mass is 9.74. The van der Waals surface area contributed by atoms with E-state index in [0.29, 0.717) is 5.56 Å². The van der Waals surface area contributed by atoms with Crippen LogP contribution in [0.15, 0.2) is 66.4 Å². The quantitative estimate of drug-likeness (QED) is 0.724. The van der Waals surface area contributed by atoms with Gasteiger partial charge in [0.2, 0.25) is 0 Å². The molecule has 3 rings (SSSR count). The maximum atomic E-state index is 13.6. The molecular formula is C24H29FN2. The number of nitrogens with two attached hydrogens (primary N) is 2. The summed E-state index contributed by atoms with van der Waals surface area (Å²) in [5.41, 5.74) is 19.1. The van der Waals surface area contributed by atoms with E-state index in [0.717, 1.165) is 36.1 Å². The Balaban J connectivity index is 1.91. The topological polar surface area (TPSA) is 52.0 Å². The smallest absolute Gasteiger partial charge is 0.126 e. The van der Waals surface area contributed by atoms with E-state index in [1.807, 2.05) is 18.2 Å². The van der Waals surface area contributed by atoms with Gasteiger partial charge in [-0.1, -0.05) is 43.3 Å². The van der Waals surface area contributed by atoms with Crippen molar-refractivity contribution in [2.75, 3.05) is 0 Å². The van der Waals surface area contributed by atoms with Crippen LogP contribution in [0, 0.1) is 24.6 Å². The van der Waals surface area contributed by atoms with Crippen molar-refractivity contribution in [2.24, 2.45) is 23.3 Å². The molecule has 0 aromatic heterocycles. The van der Waals surface area contributed by atoms with E-state index in [2.05, 4.69) is 37.8 Å². The Morgan fingerprint density at radius 2 is 1.96 bits per heavy atom. The van der Waals surface area contributed by atoms with E-state index in [9.17, 15) is 4.39 Å². The Bertz CT molecular complexity index is 868. The number of aryl methyl sites for hydroxylation is 1. The number of rotatable bonds is 5. The molecular weight excluding hydrogens is 335 g/mol. The van der Waals surface area contributed by atoms with E-state index in [4.69, 9.17) is 11.5 Å². The lowest BCUT2D eigenvalue weighted by Gasteiger charge is -2.35. The van der Waals surface area contributed by atoms with Crippen molar-refractivity contribution in [3.05, 3.63) is 83.3 Å². The molecule has 142 valence electrons. The summed E-state index contributed by atoms with van der Waals surface area (Å²) < 4.78 is 13.6. The molecule has 0 fully saturated rings. The highest BCUT2D eigenvalue weighted by molar-refractivity contribution is 5.65. The van der Waals surface area contributed by atoms with Crippen molar-refractivity contribution >= 4 is 0 Å². The molecule has 3 heteroatoms. The van der Waals surface area contributed by atoms with Gasteiger partial charge in [0.05, 0.1) is 0 Å². The van der Waals surface area contributed by atoms with E-state index in [-0.39, 0.29) is 23.7 Å². The Morgan fingerprint density at radius 1 is 1.22 bits per heavy atom. The monoisotopic (exact) mass is 364 g/mol. The molecule has 2 nitrogen and oxygen atoms in total. The van der Waals surface area contributed by atoms with Gasteiger partial charge in [0.15, 0.2) is 0 Å². The fourth-order valence-corrected chi connectivity index (χ4v) is 4.11. The summed E-state index contributed by atoms with van der Waals surface area (Å²) in [6, 6.07) is 13.8. The van der Waals surface area contributed by atoms with Gasteiger partial charge in [0.1, 0.15) is 5.82 Å². The first-order valence-corrected chi connectivity index (χ1v) is 9.62. The molecule has 3 atom stereocenters. The molecule has 0 spiro atoms. The number of halogens is 1. The Labute approximate surface area is 161 Å². The van der Waals surface area contributed by atoms with Crippen molar-refractivity contribution in [1.82, 2.24) is 0 Å². The number of benzene rings is 2. The van der Waals surface area contributed by atoms with Crippen LogP contribution in [0.2, 0.25) is 0 Å². The normalized spacial score (nSPS) is 21.2. The number of hydrogen-bond acceptors (Lipinski definition) is 2. The van der Waals surface area contributed by atoms with Crippen LogP contribution in [0.3, 0.4) is 0 Å². The van der Waals surface area contributed by atoms with Crippen molar-refractivity contribution in [1.29, 1.82) is 0 Å². The first-order chi connectivity index (χ1) is 12.9. The maximum absolute atomic E-state index is 13.6. The van der Waals surface area contributed by atoms with Gasteiger partial charge in [-0.3, -0.25) is 0 Å². The number of allylic oxidation sites excluding steroid dienone is 2. The van der Waals surface area contributed by atoms with E-state index in [1.165, 1.54) is 17.2 Å². The zero-order valence-corrected chi connectivity index (χ0v) is 16.2. The predicted octanol–water partition coefficient (Wildman–Crippen LogP) is 5.12. The van der Waals surface area contributed by atoms with Crippen LogP contribution in [0.4, 0.5) is 4.39 Å². The zero-order valence-electron chi connectivity index (χ0n) is 16.2. The average Bonchev–Trinajstić information content (AvgIpc) is 2.67. The van der Waals surface area contributed by atoms with Gasteiger partial charge in [0, 0.05) is 17.7 Å². The molecule has 3 unspecified atom stereocenters. The summed E-state index contributed by atoms with van der Waals surface area (Å²) >= 11 is 0. The minimum atomic E-state index is -0.174. The third-order valence-corrected chi connectivity index (χ3v) is 5.75. The molecule has 2 aromatic rings. The average molecular weight is 365 g/mol. The predicted molar refractivity (Wildman–Crippen MR) is 112 cm³/mol. The Morgan fingerprint density at radius 3 is 2.67 bits per heavy atom. The fourth-order valence-electron chi connectivity index (χ4n) is 4.11. The van der Waals surface area contributed by atoms with Crippen molar-refractivity contribution < 1.29 is 4.39 Å². The fraction of sp³-hybridized carbons (Fsp3) is 0.333. The SMILES string of the molecule is C=CC(C)C1=C(N)CCC(N)C1Cc1cccc(-c2ccc(F)c(C)c2)c1. The molecule has 0 bridgehead atoms. The minimum Gasteiger partial charge on any atom is -0.402 e. The lowest BCUT2D eigenvalue weighted by molar-refractivity contribution is 0.395. The Kier molecular flexibility index (Phi) is 5.81. The molecule has 1 aliphatic carbocycles. The molecule has 0 amide bonds. The standard InChI is InChI=1S/C24H29FN2/c1-4-15(2)24-20(22(26)10-11-23(24)27)14-17-6-5-7-18(13-17)19-8-9-21(25)16(3)12-19/h4-9,12-13,15,20,22H,1,10-11,14,26-27H2,2-3H3. The van der Waals surface area contributed by atoms with Gasteiger partial charge in [-0.05, 0) is 72.1 Å². The van der Waals surface area contributed by atoms with Crippen LogP contribution in [-0.4, -0.2) is 6.04 Å². The minimum absolute atomic E-state index is 0.103. The second kappa shape index (κ2) is 8.10. The zero-order chi connectivity index (χ0) is 19.6. The molecule has 0 radical (unpaired) electrons. The van der Waals surface area contributed by atoms with E-state index < -0.39 is 0 Å². The van der Waals surface area contributed by atoms with Crippen LogP contribution in [0.25, 0.3) is 11.1 Å². The molecule has 0 saturated carbocycles. The molecule has 1 aliphatic rings. The summed E-state index contributed by atoms with van der Waals surface area (Å²) in [6.45, 7) is 7.87. The second-order valence-corrected chi connectivity index (χ2v) is 7.68. The molecule has 2 aromatic carbocycles. The summed E-state index contributed by atoms with van der Waals surface area (Å²) in [6.07, 6.45) is 4.58. The van der Waals surface area contributed by atoms with E-state index >= 15 is 0 Å². The van der Waals surface area contributed by atoms with Crippen molar-refractivity contribution in [3.8, 4) is 11.1 Å². The van der Waals surface area contributed by atoms with Crippen LogP contribution in [0.1, 0.15) is 30.9 Å². The Hall–Kier alpha value is -2.39. The van der Waals surface area contributed by atoms with Gasteiger partial charge >= 0.3 is 0 Å². The second-order valence-electron chi connectivity index (χ2n) is 7.68. The highest BCUT2D eigenvalue weighted by Crippen LogP contribution is 2.35. The van der Waals surface area contributed by atoms with Crippen LogP contribution >= 0.6 is 0 Å². The van der Waals surface area contributed by atoms with Crippen molar-refractivity contribution in [3.63, 3.8) is 0 Å². The first kappa shape index (κ1) is 19.4. The van der Waals surface area contributed by atoms with Crippen LogP contribution < -0.4 is 11.5 Å². The highest BCUT2D eigenvalue weighted by atomic mass is 19.1. The number of hydrogen-bond donors (Lipinski definition) is 2. The van der Waals surface area contributed by atoms with Gasteiger partial charge < -0.3 is 11.5 Å².